The van der Waals surface area contributed by atoms with Gasteiger partial charge in [0.2, 0.25) is 0 Å². The molecule has 0 fully saturated rings. The molecule has 30 heavy (non-hydrogen) atoms. The first-order valence-electron chi connectivity index (χ1n) is 11.2. The van der Waals surface area contributed by atoms with E-state index in [0.29, 0.717) is 0 Å². The number of anilines is 1. The third-order valence-corrected chi connectivity index (χ3v) is 9.52. The Labute approximate surface area is 191 Å². The van der Waals surface area contributed by atoms with Crippen molar-refractivity contribution in [2.24, 2.45) is 4.99 Å². The molecular formula is C24H29N3S3. The molecule has 3 aromatic heterocycles. The van der Waals surface area contributed by atoms with Gasteiger partial charge < -0.3 is 5.32 Å². The van der Waals surface area contributed by atoms with Gasteiger partial charge in [-0.05, 0) is 93.2 Å². The molecule has 158 valence electrons. The smallest absolute Gasteiger partial charge is 0.0990 e. The fourth-order valence-corrected chi connectivity index (χ4v) is 7.79. The maximum atomic E-state index is 4.28. The van der Waals surface area contributed by atoms with Crippen LogP contribution < -0.4 is 5.32 Å². The Morgan fingerprint density at radius 1 is 0.767 bits per heavy atom. The molecule has 0 amide bonds. The van der Waals surface area contributed by atoms with Gasteiger partial charge in [0, 0.05) is 20.2 Å². The summed E-state index contributed by atoms with van der Waals surface area (Å²) in [6.45, 7) is 0.897. The summed E-state index contributed by atoms with van der Waals surface area (Å²) < 4.78 is 0. The van der Waals surface area contributed by atoms with Gasteiger partial charge in [-0.3, -0.25) is 4.99 Å². The monoisotopic (exact) mass is 455 g/mol. The third-order valence-electron chi connectivity index (χ3n) is 6.30. The lowest BCUT2D eigenvalue weighted by Crippen LogP contribution is -2.02. The molecule has 3 aliphatic carbocycles. The first-order valence-corrected chi connectivity index (χ1v) is 13.8. The van der Waals surface area contributed by atoms with Crippen LogP contribution in [0.4, 0.5) is 5.00 Å². The molecule has 0 unspecified atom stereocenters. The molecule has 6 heteroatoms. The predicted molar refractivity (Wildman–Crippen MR) is 132 cm³/mol. The molecule has 0 aromatic carbocycles. The minimum absolute atomic E-state index is 0.897. The van der Waals surface area contributed by atoms with E-state index in [2.05, 4.69) is 26.7 Å². The summed E-state index contributed by atoms with van der Waals surface area (Å²) in [5.74, 6) is 0. The van der Waals surface area contributed by atoms with Gasteiger partial charge in [-0.15, -0.1) is 34.0 Å². The first kappa shape index (κ1) is 20.4. The maximum Gasteiger partial charge on any atom is 0.0990 e. The normalized spacial score (nSPS) is 17.9. The molecule has 3 aromatic rings. The highest BCUT2D eigenvalue weighted by molar-refractivity contribution is 7.16. The quantitative estimate of drug-likeness (QED) is 0.403. The second kappa shape index (κ2) is 9.75. The first-order chi connectivity index (χ1) is 14.9. The second-order valence-corrected chi connectivity index (χ2v) is 11.3. The fraction of sp³-hybridized carbons (Fsp3) is 0.500. The van der Waals surface area contributed by atoms with Crippen molar-refractivity contribution in [1.82, 2.24) is 4.98 Å². The second-order valence-electron chi connectivity index (χ2n) is 8.28. The standard InChI is InChI=1S/C9H10N2S.C8H10S.C7H9NS/c1-2-6-7-4-10-5-11-9(7)12-8(6)3-1;1-2-4-8-7(3-1)5-6-9-8;1-2-4-7-6(3-1)8-5-9-7/h5H,1-4H2,(H,10,11);5-6H,1-4H2;5H,1-4H2. The Morgan fingerprint density at radius 3 is 2.50 bits per heavy atom. The zero-order valence-electron chi connectivity index (χ0n) is 17.4. The van der Waals surface area contributed by atoms with Crippen molar-refractivity contribution in [3.8, 4) is 0 Å². The molecule has 1 aliphatic heterocycles. The Hall–Kier alpha value is -1.50. The van der Waals surface area contributed by atoms with E-state index in [0.717, 1.165) is 6.54 Å². The number of rotatable bonds is 0. The van der Waals surface area contributed by atoms with Gasteiger partial charge >= 0.3 is 0 Å². The number of aryl methyl sites for hydroxylation is 5. The highest BCUT2D eigenvalue weighted by atomic mass is 32.1. The zero-order valence-corrected chi connectivity index (χ0v) is 19.9. The lowest BCUT2D eigenvalue weighted by Gasteiger charge is -2.08. The molecule has 0 spiro atoms. The topological polar surface area (TPSA) is 37.3 Å². The molecule has 0 atom stereocenters. The van der Waals surface area contributed by atoms with Crippen LogP contribution in [0.25, 0.3) is 0 Å². The van der Waals surface area contributed by atoms with E-state index >= 15 is 0 Å². The molecule has 0 saturated carbocycles. The number of nitrogens with zero attached hydrogens (tertiary/aromatic N) is 2. The number of hydrogen-bond acceptors (Lipinski definition) is 6. The minimum atomic E-state index is 0.897. The number of aromatic nitrogens is 1. The molecule has 3 nitrogen and oxygen atoms in total. The number of aliphatic imine (C=N–C) groups is 1. The van der Waals surface area contributed by atoms with Gasteiger partial charge in [0.1, 0.15) is 0 Å². The van der Waals surface area contributed by atoms with Crippen molar-refractivity contribution in [1.29, 1.82) is 0 Å². The average molecular weight is 456 g/mol. The summed E-state index contributed by atoms with van der Waals surface area (Å²) in [6, 6.07) is 2.28. The lowest BCUT2D eigenvalue weighted by molar-refractivity contribution is 0.682. The highest BCUT2D eigenvalue weighted by Gasteiger charge is 2.22. The molecule has 1 N–H and O–H groups in total. The molecule has 0 saturated heterocycles. The van der Waals surface area contributed by atoms with Crippen LogP contribution in [0, 0.1) is 0 Å². The van der Waals surface area contributed by atoms with Crippen molar-refractivity contribution in [2.45, 2.75) is 77.2 Å². The number of nitrogens with one attached hydrogen (secondary N) is 1. The molecule has 0 bridgehead atoms. The van der Waals surface area contributed by atoms with Crippen LogP contribution in [-0.4, -0.2) is 11.3 Å². The average Bonchev–Trinajstić information content (AvgIpc) is 3.58. The van der Waals surface area contributed by atoms with Gasteiger partial charge in [0.05, 0.1) is 29.1 Å². The molecule has 4 heterocycles. The summed E-state index contributed by atoms with van der Waals surface area (Å²) in [6.07, 6.45) is 16.4. The summed E-state index contributed by atoms with van der Waals surface area (Å²) in [4.78, 5) is 13.3. The van der Waals surface area contributed by atoms with Crippen LogP contribution in [0.5, 0.6) is 0 Å². The van der Waals surface area contributed by atoms with Crippen LogP contribution in [-0.2, 0) is 45.1 Å². The number of hydrogen-bond donors (Lipinski definition) is 1. The zero-order chi connectivity index (χ0) is 20.2. The fourth-order valence-electron chi connectivity index (χ4n) is 4.68. The van der Waals surface area contributed by atoms with Gasteiger partial charge in [-0.25, -0.2) is 4.98 Å². The Balaban J connectivity index is 0.0000000980. The maximum absolute atomic E-state index is 4.28. The largest absolute Gasteiger partial charge is 0.338 e. The van der Waals surface area contributed by atoms with Crippen LogP contribution >= 0.6 is 34.0 Å². The van der Waals surface area contributed by atoms with Gasteiger partial charge in [-0.1, -0.05) is 0 Å². The molecule has 0 radical (unpaired) electrons. The van der Waals surface area contributed by atoms with Crippen LogP contribution in [0.1, 0.15) is 69.1 Å². The van der Waals surface area contributed by atoms with E-state index in [-0.39, 0.29) is 0 Å². The summed E-state index contributed by atoms with van der Waals surface area (Å²) in [5, 5.41) is 6.78. The van der Waals surface area contributed by atoms with Crippen molar-refractivity contribution in [2.75, 3.05) is 5.32 Å². The molecule has 7 rings (SSSR count). The summed E-state index contributed by atoms with van der Waals surface area (Å²) in [7, 11) is 0. The van der Waals surface area contributed by atoms with Crippen molar-refractivity contribution in [3.63, 3.8) is 0 Å². The Morgan fingerprint density at radius 2 is 1.60 bits per heavy atom. The van der Waals surface area contributed by atoms with Crippen LogP contribution in [0.2, 0.25) is 0 Å². The minimum Gasteiger partial charge on any atom is -0.338 e. The van der Waals surface area contributed by atoms with Gasteiger partial charge in [-0.2, -0.15) is 0 Å². The molecule has 4 aliphatic rings. The lowest BCUT2D eigenvalue weighted by atomic mass is 10.00. The SMILES string of the molecule is C1=NCc2c(sc3c2CCC3)N1.c1cc2c(s1)CCCC2.c1nc2c(s1)CCCC2. The van der Waals surface area contributed by atoms with E-state index in [1.807, 2.05) is 45.9 Å². The molecular weight excluding hydrogens is 426 g/mol. The van der Waals surface area contributed by atoms with E-state index in [1.54, 1.807) is 20.9 Å². The van der Waals surface area contributed by atoms with Gasteiger partial charge in [0.15, 0.2) is 0 Å². The third kappa shape index (κ3) is 4.56. The van der Waals surface area contributed by atoms with Crippen LogP contribution in [0.15, 0.2) is 21.9 Å². The highest BCUT2D eigenvalue weighted by Crippen LogP contribution is 2.40. The number of thiophene rings is 2. The van der Waals surface area contributed by atoms with E-state index in [1.165, 1.54) is 91.8 Å². The predicted octanol–water partition coefficient (Wildman–Crippen LogP) is 6.84. The summed E-state index contributed by atoms with van der Waals surface area (Å²) in [5.41, 5.74) is 8.02. The van der Waals surface area contributed by atoms with Crippen molar-refractivity contribution < 1.29 is 0 Å². The number of thiazole rings is 1. The summed E-state index contributed by atoms with van der Waals surface area (Å²) >= 11 is 5.66. The Bertz CT molecular complexity index is 924. The number of fused-ring (bicyclic) bond motifs is 5. The van der Waals surface area contributed by atoms with Crippen molar-refractivity contribution >= 4 is 45.3 Å². The van der Waals surface area contributed by atoms with Gasteiger partial charge in [0.25, 0.3) is 0 Å². The Kier molecular flexibility index (Phi) is 6.63. The van der Waals surface area contributed by atoms with E-state index in [4.69, 9.17) is 0 Å². The van der Waals surface area contributed by atoms with E-state index in [9.17, 15) is 0 Å². The van der Waals surface area contributed by atoms with Crippen molar-refractivity contribution in [3.05, 3.63) is 54.0 Å². The van der Waals surface area contributed by atoms with E-state index < -0.39 is 0 Å². The van der Waals surface area contributed by atoms with Crippen LogP contribution in [0.3, 0.4) is 0 Å².